The number of aromatic nitrogens is 4. The SMILES string of the molecule is Clc1nc(Nc2ccc3ccccc3c2)c2[nH]cnc2n1. The van der Waals surface area contributed by atoms with Crippen LogP contribution < -0.4 is 5.32 Å². The van der Waals surface area contributed by atoms with Crippen LogP contribution >= 0.6 is 11.6 Å². The molecular weight excluding hydrogens is 286 g/mol. The van der Waals surface area contributed by atoms with Crippen molar-refractivity contribution in [2.45, 2.75) is 0 Å². The van der Waals surface area contributed by atoms with Gasteiger partial charge in [-0.1, -0.05) is 30.3 Å². The molecule has 0 aliphatic rings. The molecule has 2 heterocycles. The minimum atomic E-state index is 0.165. The van der Waals surface area contributed by atoms with E-state index in [1.54, 1.807) is 6.33 Å². The van der Waals surface area contributed by atoms with Crippen molar-refractivity contribution in [1.29, 1.82) is 0 Å². The molecule has 2 N–H and O–H groups in total. The number of nitrogens with one attached hydrogen (secondary N) is 2. The summed E-state index contributed by atoms with van der Waals surface area (Å²) in [6.45, 7) is 0. The van der Waals surface area contributed by atoms with E-state index in [1.807, 2.05) is 18.2 Å². The summed E-state index contributed by atoms with van der Waals surface area (Å²) in [7, 11) is 0. The maximum Gasteiger partial charge on any atom is 0.226 e. The highest BCUT2D eigenvalue weighted by molar-refractivity contribution is 6.28. The van der Waals surface area contributed by atoms with Gasteiger partial charge >= 0.3 is 0 Å². The number of imidazole rings is 1. The second-order valence-corrected chi connectivity index (χ2v) is 4.97. The van der Waals surface area contributed by atoms with Gasteiger partial charge in [0.2, 0.25) is 5.28 Å². The van der Waals surface area contributed by atoms with Crippen molar-refractivity contribution in [2.75, 3.05) is 5.32 Å². The van der Waals surface area contributed by atoms with Crippen LogP contribution in [0.15, 0.2) is 48.8 Å². The summed E-state index contributed by atoms with van der Waals surface area (Å²) in [5.41, 5.74) is 2.20. The number of halogens is 1. The molecule has 21 heavy (non-hydrogen) atoms. The molecule has 0 saturated carbocycles. The van der Waals surface area contributed by atoms with Crippen LogP contribution in [0.1, 0.15) is 0 Å². The summed E-state index contributed by atoms with van der Waals surface area (Å²) in [6, 6.07) is 14.3. The van der Waals surface area contributed by atoms with Crippen LogP contribution in [-0.2, 0) is 0 Å². The van der Waals surface area contributed by atoms with Gasteiger partial charge in [0, 0.05) is 5.69 Å². The molecule has 0 amide bonds. The molecule has 102 valence electrons. The average molecular weight is 296 g/mol. The Bertz CT molecular complexity index is 947. The van der Waals surface area contributed by atoms with E-state index in [0.717, 1.165) is 16.6 Å². The quantitative estimate of drug-likeness (QED) is 0.550. The largest absolute Gasteiger partial charge is 0.340 e. The van der Waals surface area contributed by atoms with Crippen molar-refractivity contribution in [2.24, 2.45) is 0 Å². The van der Waals surface area contributed by atoms with E-state index in [0.29, 0.717) is 11.5 Å². The van der Waals surface area contributed by atoms with E-state index >= 15 is 0 Å². The Balaban J connectivity index is 1.80. The standard InChI is InChI=1S/C15H10ClN5/c16-15-20-13-12(17-8-18-13)14(21-15)19-11-6-5-9-3-1-2-4-10(9)7-11/h1-8H,(H2,17,18,19,20,21). The fourth-order valence-corrected chi connectivity index (χ4v) is 2.47. The van der Waals surface area contributed by atoms with E-state index < -0.39 is 0 Å². The number of rotatable bonds is 2. The van der Waals surface area contributed by atoms with Crippen molar-refractivity contribution in [3.8, 4) is 0 Å². The molecule has 2 aromatic carbocycles. The third-order valence-corrected chi connectivity index (χ3v) is 3.44. The van der Waals surface area contributed by atoms with Crippen LogP contribution in [0.2, 0.25) is 5.28 Å². The molecule has 5 nitrogen and oxygen atoms in total. The first kappa shape index (κ1) is 12.1. The lowest BCUT2D eigenvalue weighted by atomic mass is 10.1. The van der Waals surface area contributed by atoms with Crippen LogP contribution in [0.3, 0.4) is 0 Å². The Morgan fingerprint density at radius 1 is 1.00 bits per heavy atom. The van der Waals surface area contributed by atoms with Gasteiger partial charge in [-0.25, -0.2) is 4.98 Å². The van der Waals surface area contributed by atoms with Crippen molar-refractivity contribution in [3.05, 3.63) is 54.1 Å². The third kappa shape index (κ3) is 2.17. The molecule has 0 aliphatic carbocycles. The molecule has 2 aromatic heterocycles. The first-order chi connectivity index (χ1) is 10.3. The van der Waals surface area contributed by atoms with Crippen LogP contribution in [0.5, 0.6) is 0 Å². The lowest BCUT2D eigenvalue weighted by molar-refractivity contribution is 1.20. The van der Waals surface area contributed by atoms with Gasteiger partial charge in [0.1, 0.15) is 5.52 Å². The second-order valence-electron chi connectivity index (χ2n) is 4.63. The molecule has 0 spiro atoms. The Morgan fingerprint density at radius 3 is 2.76 bits per heavy atom. The van der Waals surface area contributed by atoms with E-state index in [-0.39, 0.29) is 5.28 Å². The van der Waals surface area contributed by atoms with E-state index in [1.165, 1.54) is 5.39 Å². The van der Waals surface area contributed by atoms with Crippen molar-refractivity contribution in [3.63, 3.8) is 0 Å². The van der Waals surface area contributed by atoms with Gasteiger partial charge < -0.3 is 10.3 Å². The van der Waals surface area contributed by atoms with Crippen LogP contribution in [0.4, 0.5) is 11.5 Å². The van der Waals surface area contributed by atoms with Gasteiger partial charge in [-0.15, -0.1) is 0 Å². The molecule has 0 bridgehead atoms. The summed E-state index contributed by atoms with van der Waals surface area (Å²) < 4.78 is 0. The lowest BCUT2D eigenvalue weighted by Gasteiger charge is -2.07. The van der Waals surface area contributed by atoms with Crippen molar-refractivity contribution < 1.29 is 0 Å². The van der Waals surface area contributed by atoms with Crippen LogP contribution in [0, 0.1) is 0 Å². The van der Waals surface area contributed by atoms with Gasteiger partial charge in [-0.05, 0) is 34.5 Å². The average Bonchev–Trinajstić information content (AvgIpc) is 2.95. The lowest BCUT2D eigenvalue weighted by Crippen LogP contribution is -1.97. The molecule has 4 rings (SSSR count). The smallest absolute Gasteiger partial charge is 0.226 e. The first-order valence-electron chi connectivity index (χ1n) is 6.42. The zero-order valence-corrected chi connectivity index (χ0v) is 11.6. The first-order valence-corrected chi connectivity index (χ1v) is 6.80. The van der Waals surface area contributed by atoms with E-state index in [2.05, 4.69) is 49.5 Å². The minimum absolute atomic E-state index is 0.165. The Labute approximate surface area is 125 Å². The number of benzene rings is 2. The topological polar surface area (TPSA) is 66.5 Å². The predicted molar refractivity (Wildman–Crippen MR) is 83.9 cm³/mol. The molecule has 0 saturated heterocycles. The Morgan fingerprint density at radius 2 is 1.86 bits per heavy atom. The predicted octanol–water partition coefficient (Wildman–Crippen LogP) is 3.90. The highest BCUT2D eigenvalue weighted by Gasteiger charge is 2.09. The molecule has 6 heteroatoms. The third-order valence-electron chi connectivity index (χ3n) is 3.27. The highest BCUT2D eigenvalue weighted by Crippen LogP contribution is 2.25. The number of hydrogen-bond acceptors (Lipinski definition) is 4. The molecule has 0 radical (unpaired) electrons. The molecule has 0 aliphatic heterocycles. The molecule has 0 unspecified atom stereocenters. The zero-order valence-electron chi connectivity index (χ0n) is 10.8. The summed E-state index contributed by atoms with van der Waals surface area (Å²) in [5.74, 6) is 0.609. The van der Waals surface area contributed by atoms with Crippen LogP contribution in [-0.4, -0.2) is 19.9 Å². The Hall–Kier alpha value is -2.66. The van der Waals surface area contributed by atoms with Gasteiger partial charge in [0.15, 0.2) is 11.5 Å². The number of aromatic amines is 1. The number of hydrogen-bond donors (Lipinski definition) is 2. The fraction of sp³-hybridized carbons (Fsp3) is 0. The van der Waals surface area contributed by atoms with Crippen molar-refractivity contribution in [1.82, 2.24) is 19.9 Å². The molecule has 4 aromatic rings. The fourth-order valence-electron chi connectivity index (χ4n) is 2.30. The summed E-state index contributed by atoms with van der Waals surface area (Å²) >= 11 is 5.93. The number of anilines is 2. The Kier molecular flexibility index (Phi) is 2.72. The minimum Gasteiger partial charge on any atom is -0.340 e. The van der Waals surface area contributed by atoms with Gasteiger partial charge in [0.25, 0.3) is 0 Å². The van der Waals surface area contributed by atoms with Crippen LogP contribution in [0.25, 0.3) is 21.9 Å². The summed E-state index contributed by atoms with van der Waals surface area (Å²) in [4.78, 5) is 15.4. The van der Waals surface area contributed by atoms with Gasteiger partial charge in [-0.3, -0.25) is 0 Å². The maximum atomic E-state index is 5.93. The van der Waals surface area contributed by atoms with Gasteiger partial charge in [0.05, 0.1) is 6.33 Å². The number of nitrogens with zero attached hydrogens (tertiary/aromatic N) is 3. The second kappa shape index (κ2) is 4.71. The summed E-state index contributed by atoms with van der Waals surface area (Å²) in [5, 5.41) is 5.77. The monoisotopic (exact) mass is 295 g/mol. The highest BCUT2D eigenvalue weighted by atomic mass is 35.5. The van der Waals surface area contributed by atoms with Crippen molar-refractivity contribution >= 4 is 45.0 Å². The zero-order chi connectivity index (χ0) is 14.2. The number of H-pyrrole nitrogens is 1. The molecule has 0 fully saturated rings. The normalized spacial score (nSPS) is 11.1. The molecule has 0 atom stereocenters. The van der Waals surface area contributed by atoms with E-state index in [4.69, 9.17) is 11.6 Å². The molecular formula is C15H10ClN5. The maximum absolute atomic E-state index is 5.93. The number of fused-ring (bicyclic) bond motifs is 2. The van der Waals surface area contributed by atoms with Gasteiger partial charge in [-0.2, -0.15) is 9.97 Å². The summed E-state index contributed by atoms with van der Waals surface area (Å²) in [6.07, 6.45) is 1.57. The van der Waals surface area contributed by atoms with E-state index in [9.17, 15) is 0 Å².